The van der Waals surface area contributed by atoms with Gasteiger partial charge in [0.05, 0.1) is 19.8 Å². The standard InChI is InChI=1S/C13H18O5.C7H6O3.C3H7IO.CH2O3.2K.H/c1-15-5-7-17-12-4-3-11(10-14)9-13(12)18-8-6-16-2;8-4-5-1-2-6(9)7(10)3-5;1-5-3-2-4;2-1-4-3;;;/h3-4,9-10H,5-8H2,1-2H3;1-4,9-10H;2-3H2,1H3;1,3H;;;/q;;;;2*+1;-1/p-1. The van der Waals surface area contributed by atoms with Crippen molar-refractivity contribution in [2.45, 2.75) is 0 Å². The monoisotopic (exact) mass is 718 g/mol. The van der Waals surface area contributed by atoms with Gasteiger partial charge in [0.15, 0.2) is 23.0 Å². The summed E-state index contributed by atoms with van der Waals surface area (Å²) in [4.78, 5) is 32.0. The Morgan fingerprint density at radius 3 is 1.59 bits per heavy atom. The van der Waals surface area contributed by atoms with Crippen molar-refractivity contribution in [1.82, 2.24) is 0 Å². The maximum atomic E-state index is 10.7. The van der Waals surface area contributed by atoms with E-state index in [0.717, 1.165) is 17.3 Å². The van der Waals surface area contributed by atoms with Crippen LogP contribution >= 0.6 is 22.6 Å². The number of ether oxygens (including phenoxy) is 5. The first kappa shape index (κ1) is 46.3. The molecule has 0 radical (unpaired) electrons. The second-order valence-corrected chi connectivity index (χ2v) is 7.33. The molecule has 2 rings (SSSR count). The Balaban J connectivity index is -0.000000157. The van der Waals surface area contributed by atoms with Crippen molar-refractivity contribution in [2.24, 2.45) is 0 Å². The van der Waals surface area contributed by atoms with E-state index in [9.17, 15) is 9.59 Å². The van der Waals surface area contributed by atoms with Crippen LogP contribution in [0.4, 0.5) is 0 Å². The minimum absolute atomic E-state index is 0. The van der Waals surface area contributed by atoms with Crippen LogP contribution in [0.1, 0.15) is 22.1 Å². The smallest absolute Gasteiger partial charge is 1.00 e. The third-order valence-corrected chi connectivity index (χ3v) is 4.09. The number of phenolic OH excluding ortho intramolecular Hbond substituents is 2. The molecule has 0 atom stereocenters. The van der Waals surface area contributed by atoms with E-state index in [2.05, 4.69) is 32.2 Å². The second-order valence-electron chi connectivity index (χ2n) is 6.25. The Morgan fingerprint density at radius 1 is 0.744 bits per heavy atom. The zero-order valence-corrected chi connectivity index (χ0v) is 31.2. The summed E-state index contributed by atoms with van der Waals surface area (Å²) < 4.78 is 26.6. The van der Waals surface area contributed by atoms with Gasteiger partial charge in [0.2, 0.25) is 0 Å². The van der Waals surface area contributed by atoms with Gasteiger partial charge in [-0.1, -0.05) is 22.6 Å². The average Bonchev–Trinajstić information content (AvgIpc) is 2.92. The van der Waals surface area contributed by atoms with E-state index in [0.29, 0.717) is 55.3 Å². The molecule has 0 heterocycles. The molecule has 0 bridgehead atoms. The van der Waals surface area contributed by atoms with E-state index < -0.39 is 0 Å². The summed E-state index contributed by atoms with van der Waals surface area (Å²) in [6.07, 6.45) is 1.36. The van der Waals surface area contributed by atoms with E-state index in [1.54, 1.807) is 39.5 Å². The number of phenols is 2. The summed E-state index contributed by atoms with van der Waals surface area (Å²) in [5.41, 5.74) is 0.886. The summed E-state index contributed by atoms with van der Waals surface area (Å²) in [6.45, 7) is 2.49. The largest absolute Gasteiger partial charge is 1.00 e. The van der Waals surface area contributed by atoms with Gasteiger partial charge in [-0.25, -0.2) is 0 Å². The van der Waals surface area contributed by atoms with E-state index in [1.165, 1.54) is 18.2 Å². The molecule has 0 amide bonds. The molecule has 2 aromatic rings. The van der Waals surface area contributed by atoms with Crippen LogP contribution in [0.15, 0.2) is 36.4 Å². The molecule has 0 aliphatic heterocycles. The van der Waals surface area contributed by atoms with Crippen molar-refractivity contribution in [3.8, 4) is 23.0 Å². The van der Waals surface area contributed by atoms with Gasteiger partial charge in [0, 0.05) is 36.9 Å². The van der Waals surface area contributed by atoms with E-state index in [1.807, 2.05) is 0 Å². The molecule has 15 heteroatoms. The first-order valence-electron chi connectivity index (χ1n) is 10.5. The third-order valence-electron chi connectivity index (χ3n) is 3.65. The number of benzene rings is 2. The van der Waals surface area contributed by atoms with Gasteiger partial charge in [-0.2, -0.15) is 0 Å². The molecule has 0 aliphatic rings. The summed E-state index contributed by atoms with van der Waals surface area (Å²) in [7, 11) is 4.91. The number of aromatic hydroxyl groups is 2. The number of carbonyl (C=O) groups is 3. The van der Waals surface area contributed by atoms with Gasteiger partial charge in [0.25, 0.3) is 6.47 Å². The molecule has 39 heavy (non-hydrogen) atoms. The second kappa shape index (κ2) is 34.5. The first-order valence-corrected chi connectivity index (χ1v) is 12.0. The van der Waals surface area contributed by atoms with Crippen molar-refractivity contribution < 1.29 is 163 Å². The quantitative estimate of drug-likeness (QED) is 0.0302. The van der Waals surface area contributed by atoms with Crippen LogP contribution in [-0.2, 0) is 23.9 Å². The maximum Gasteiger partial charge on any atom is 1.00 e. The topological polar surface area (TPSA) is 170 Å². The number of carbonyl (C=O) groups excluding carboxylic acids is 3. The third kappa shape index (κ3) is 26.9. The van der Waals surface area contributed by atoms with Crippen LogP contribution in [0.25, 0.3) is 0 Å². The van der Waals surface area contributed by atoms with Crippen molar-refractivity contribution in [1.29, 1.82) is 0 Å². The minimum Gasteiger partial charge on any atom is -1.00 e. The number of hydrogen-bond acceptors (Lipinski definition) is 12. The summed E-state index contributed by atoms with van der Waals surface area (Å²) >= 11 is 2.26. The number of rotatable bonds is 13. The predicted octanol–water partition coefficient (Wildman–Crippen LogP) is -3.92. The Bertz CT molecular complexity index is 880. The Morgan fingerprint density at radius 2 is 1.21 bits per heavy atom. The minimum atomic E-state index is -0.274. The van der Waals surface area contributed by atoms with Gasteiger partial charge in [-0.15, -0.1) is 0 Å². The molecule has 2 N–H and O–H groups in total. The van der Waals surface area contributed by atoms with Gasteiger partial charge >= 0.3 is 103 Å². The predicted molar refractivity (Wildman–Crippen MR) is 141 cm³/mol. The molecule has 0 unspecified atom stereocenters. The number of halogens is 1. The Hall–Kier alpha value is 0.293. The fourth-order valence-corrected chi connectivity index (χ4v) is 2.43. The summed E-state index contributed by atoms with van der Waals surface area (Å²) in [6, 6.07) is 8.91. The SMILES string of the molecule is COCCI.COCCOc1ccc(C=O)cc1OCCOC.O=CO[O-].O=Cc1ccc(O)c(O)c1.[H-].[K+].[K+]. The van der Waals surface area contributed by atoms with Crippen LogP contribution in [0, 0.1) is 0 Å². The van der Waals surface area contributed by atoms with Crippen LogP contribution < -0.4 is 118 Å². The summed E-state index contributed by atoms with van der Waals surface area (Å²) in [5, 5.41) is 26.0. The number of methoxy groups -OCH3 is 3. The maximum absolute atomic E-state index is 10.7. The molecule has 0 fully saturated rings. The molecule has 0 aliphatic carbocycles. The van der Waals surface area contributed by atoms with E-state index in [-0.39, 0.29) is 122 Å². The molecule has 2 aromatic carbocycles. The number of aldehydes is 2. The number of alkyl halides is 1. The normalized spacial score (nSPS) is 8.64. The zero-order chi connectivity index (χ0) is 28.3. The fourth-order valence-electron chi connectivity index (χ4n) is 1.99. The molecule has 0 saturated heterocycles. The van der Waals surface area contributed by atoms with Gasteiger partial charge in [-0.3, -0.25) is 14.4 Å². The zero-order valence-electron chi connectivity index (χ0n) is 23.8. The molecular formula is C24H33IK2O12. The van der Waals surface area contributed by atoms with Crippen LogP contribution in [0.3, 0.4) is 0 Å². The van der Waals surface area contributed by atoms with Crippen LogP contribution in [0.2, 0.25) is 0 Å². The van der Waals surface area contributed by atoms with Crippen LogP contribution in [0.5, 0.6) is 23.0 Å². The Labute approximate surface area is 328 Å². The molecule has 0 aromatic heterocycles. The van der Waals surface area contributed by atoms with E-state index in [4.69, 9.17) is 39.2 Å². The molecular weight excluding hydrogens is 685 g/mol. The van der Waals surface area contributed by atoms with Crippen molar-refractivity contribution in [3.63, 3.8) is 0 Å². The summed E-state index contributed by atoms with van der Waals surface area (Å²) in [5.74, 6) is 0.636. The van der Waals surface area contributed by atoms with Crippen molar-refractivity contribution in [2.75, 3.05) is 58.8 Å². The van der Waals surface area contributed by atoms with Gasteiger partial charge in [0.1, 0.15) is 25.8 Å². The van der Waals surface area contributed by atoms with Crippen LogP contribution in [-0.4, -0.2) is 88.0 Å². The molecule has 0 saturated carbocycles. The Kier molecular flexibility index (Phi) is 40.9. The molecule has 210 valence electrons. The molecule has 0 spiro atoms. The van der Waals surface area contributed by atoms with Gasteiger partial charge in [-0.05, 0) is 36.4 Å². The molecule has 12 nitrogen and oxygen atoms in total. The van der Waals surface area contributed by atoms with Crippen molar-refractivity contribution >= 4 is 41.6 Å². The van der Waals surface area contributed by atoms with Crippen molar-refractivity contribution in [3.05, 3.63) is 47.5 Å². The average molecular weight is 719 g/mol. The number of hydrogen-bond donors (Lipinski definition) is 2. The fraction of sp³-hybridized carbons (Fsp3) is 0.375. The van der Waals surface area contributed by atoms with E-state index >= 15 is 0 Å². The first-order chi connectivity index (χ1) is 17.9. The van der Waals surface area contributed by atoms with Gasteiger partial charge < -0.3 is 45.5 Å².